The van der Waals surface area contributed by atoms with Gasteiger partial charge in [-0.1, -0.05) is 17.9 Å². The average molecular weight is 344 g/mol. The average Bonchev–Trinajstić information content (AvgIpc) is 2.60. The third-order valence-corrected chi connectivity index (χ3v) is 5.10. The summed E-state index contributed by atoms with van der Waals surface area (Å²) < 4.78 is 10.3. The molecule has 1 N–H and O–H groups in total. The fourth-order valence-electron chi connectivity index (χ4n) is 3.65. The molecule has 1 heterocycles. The molecule has 1 aromatic carbocycles. The van der Waals surface area contributed by atoms with Crippen LogP contribution in [0.15, 0.2) is 24.3 Å². The first-order valence-corrected chi connectivity index (χ1v) is 8.92. The van der Waals surface area contributed by atoms with E-state index >= 15 is 0 Å². The molecule has 0 radical (unpaired) electrons. The van der Waals surface area contributed by atoms with Crippen molar-refractivity contribution >= 4 is 5.69 Å². The van der Waals surface area contributed by atoms with E-state index in [-0.39, 0.29) is 6.10 Å². The van der Waals surface area contributed by atoms with Crippen LogP contribution in [0, 0.1) is 11.8 Å². The molecule has 25 heavy (non-hydrogen) atoms. The number of hydrogen-bond acceptors (Lipinski definition) is 5. The van der Waals surface area contributed by atoms with Crippen LogP contribution in [0.3, 0.4) is 0 Å². The lowest BCUT2D eigenvalue weighted by molar-refractivity contribution is -0.139. The molecule has 2 fully saturated rings. The lowest BCUT2D eigenvalue weighted by atomic mass is 9.77. The largest absolute Gasteiger partial charge is 0.388 e. The Kier molecular flexibility index (Phi) is 5.98. The second-order valence-electron chi connectivity index (χ2n) is 7.04. The van der Waals surface area contributed by atoms with E-state index in [0.717, 1.165) is 51.1 Å². The number of ether oxygens (including phenoxy) is 2. The van der Waals surface area contributed by atoms with E-state index in [0.29, 0.717) is 6.61 Å². The standard InChI is InChI=1S/C20H28N2O3/c1-24-12-4-6-17-5-3-7-18(13-17)22-10-8-21(9-11-22)16-20(23)14-19(15-20)25-2/h3,5,7,13,19,23H,8-12,14-16H2,1-2H3. The van der Waals surface area contributed by atoms with E-state index in [2.05, 4.69) is 39.8 Å². The van der Waals surface area contributed by atoms with Crippen LogP contribution < -0.4 is 4.90 Å². The lowest BCUT2D eigenvalue weighted by Gasteiger charge is -2.47. The van der Waals surface area contributed by atoms with Crippen LogP contribution in [0.1, 0.15) is 18.4 Å². The summed E-state index contributed by atoms with van der Waals surface area (Å²) in [5, 5.41) is 10.5. The molecule has 1 aliphatic heterocycles. The number of hydrogen-bond donors (Lipinski definition) is 1. The first kappa shape index (κ1) is 18.2. The molecule has 1 aliphatic carbocycles. The highest BCUT2D eigenvalue weighted by Gasteiger charge is 2.44. The topological polar surface area (TPSA) is 45.2 Å². The summed E-state index contributed by atoms with van der Waals surface area (Å²) in [5.41, 5.74) is 1.68. The van der Waals surface area contributed by atoms with Crippen LogP contribution in [0.4, 0.5) is 5.69 Å². The zero-order chi connectivity index (χ0) is 17.7. The van der Waals surface area contributed by atoms with Gasteiger partial charge in [0.15, 0.2) is 0 Å². The molecule has 2 aliphatic rings. The van der Waals surface area contributed by atoms with E-state index < -0.39 is 5.60 Å². The maximum atomic E-state index is 10.5. The predicted molar refractivity (Wildman–Crippen MR) is 98.8 cm³/mol. The Hall–Kier alpha value is -1.58. The molecular weight excluding hydrogens is 316 g/mol. The Balaban J connectivity index is 1.51. The van der Waals surface area contributed by atoms with Crippen molar-refractivity contribution in [3.63, 3.8) is 0 Å². The molecule has 0 aromatic heterocycles. The molecule has 0 spiro atoms. The van der Waals surface area contributed by atoms with Crippen molar-refractivity contribution in [2.45, 2.75) is 24.5 Å². The molecule has 3 rings (SSSR count). The lowest BCUT2D eigenvalue weighted by Crippen LogP contribution is -2.58. The van der Waals surface area contributed by atoms with Crippen molar-refractivity contribution in [3.05, 3.63) is 29.8 Å². The fraction of sp³-hybridized carbons (Fsp3) is 0.600. The van der Waals surface area contributed by atoms with Crippen LogP contribution in [-0.4, -0.2) is 75.3 Å². The van der Waals surface area contributed by atoms with Crippen molar-refractivity contribution < 1.29 is 14.6 Å². The van der Waals surface area contributed by atoms with Crippen LogP contribution in [-0.2, 0) is 9.47 Å². The van der Waals surface area contributed by atoms with E-state index in [1.54, 1.807) is 14.2 Å². The Labute approximate surface area is 150 Å². The van der Waals surface area contributed by atoms with E-state index in [9.17, 15) is 5.11 Å². The quantitative estimate of drug-likeness (QED) is 0.817. The van der Waals surface area contributed by atoms with Gasteiger partial charge in [-0.15, -0.1) is 0 Å². The monoisotopic (exact) mass is 344 g/mol. The van der Waals surface area contributed by atoms with Crippen molar-refractivity contribution in [3.8, 4) is 11.8 Å². The number of benzene rings is 1. The third-order valence-electron chi connectivity index (χ3n) is 5.10. The van der Waals surface area contributed by atoms with Crippen LogP contribution in [0.2, 0.25) is 0 Å². The summed E-state index contributed by atoms with van der Waals surface area (Å²) in [6.45, 7) is 5.09. The summed E-state index contributed by atoms with van der Waals surface area (Å²) in [7, 11) is 3.37. The fourth-order valence-corrected chi connectivity index (χ4v) is 3.65. The van der Waals surface area contributed by atoms with Crippen LogP contribution in [0.25, 0.3) is 0 Å². The van der Waals surface area contributed by atoms with Crippen molar-refractivity contribution in [2.24, 2.45) is 0 Å². The number of β-amino-alcohol motifs (C(OH)–C–C–N with tert-alkyl or cyclic N) is 1. The van der Waals surface area contributed by atoms with Gasteiger partial charge in [-0.3, -0.25) is 4.90 Å². The van der Waals surface area contributed by atoms with Crippen molar-refractivity contribution in [1.82, 2.24) is 4.90 Å². The molecule has 1 aromatic rings. The van der Waals surface area contributed by atoms with Crippen molar-refractivity contribution in [2.75, 3.05) is 58.5 Å². The minimum Gasteiger partial charge on any atom is -0.388 e. The maximum Gasteiger partial charge on any atom is 0.107 e. The van der Waals surface area contributed by atoms with Crippen LogP contribution >= 0.6 is 0 Å². The molecule has 0 bridgehead atoms. The summed E-state index contributed by atoms with van der Waals surface area (Å²) in [6.07, 6.45) is 1.74. The third kappa shape index (κ3) is 4.74. The Morgan fingerprint density at radius 2 is 1.96 bits per heavy atom. The van der Waals surface area contributed by atoms with Gasteiger partial charge in [-0.2, -0.15) is 0 Å². The maximum absolute atomic E-state index is 10.5. The highest BCUT2D eigenvalue weighted by molar-refractivity contribution is 5.53. The van der Waals surface area contributed by atoms with Crippen molar-refractivity contribution in [1.29, 1.82) is 0 Å². The van der Waals surface area contributed by atoms with Gasteiger partial charge in [0.05, 0.1) is 11.7 Å². The first-order chi connectivity index (χ1) is 12.1. The van der Waals surface area contributed by atoms with Gasteiger partial charge in [0.2, 0.25) is 0 Å². The van der Waals surface area contributed by atoms with Crippen LogP contribution in [0.5, 0.6) is 0 Å². The van der Waals surface area contributed by atoms with E-state index in [1.165, 1.54) is 5.69 Å². The number of nitrogens with zero attached hydrogens (tertiary/aromatic N) is 2. The summed E-state index contributed by atoms with van der Waals surface area (Å²) >= 11 is 0. The van der Waals surface area contributed by atoms with Gasteiger partial charge < -0.3 is 19.5 Å². The smallest absolute Gasteiger partial charge is 0.107 e. The predicted octanol–water partition coefficient (Wildman–Crippen LogP) is 1.35. The molecule has 5 nitrogen and oxygen atoms in total. The molecule has 136 valence electrons. The number of piperazine rings is 1. The van der Waals surface area contributed by atoms with Gasteiger partial charge in [0.25, 0.3) is 0 Å². The zero-order valence-corrected chi connectivity index (χ0v) is 15.2. The Bertz CT molecular complexity index is 623. The van der Waals surface area contributed by atoms with E-state index in [4.69, 9.17) is 9.47 Å². The Morgan fingerprint density at radius 1 is 1.20 bits per heavy atom. The van der Waals surface area contributed by atoms with Gasteiger partial charge >= 0.3 is 0 Å². The molecule has 1 saturated carbocycles. The van der Waals surface area contributed by atoms with Gasteiger partial charge in [-0.05, 0) is 18.2 Å². The highest BCUT2D eigenvalue weighted by atomic mass is 16.5. The number of anilines is 1. The van der Waals surface area contributed by atoms with Gasteiger partial charge in [-0.25, -0.2) is 0 Å². The minimum atomic E-state index is -0.556. The first-order valence-electron chi connectivity index (χ1n) is 8.92. The Morgan fingerprint density at radius 3 is 2.64 bits per heavy atom. The van der Waals surface area contributed by atoms with E-state index in [1.807, 2.05) is 6.07 Å². The molecule has 1 saturated heterocycles. The molecule has 5 heteroatoms. The second kappa shape index (κ2) is 8.20. The zero-order valence-electron chi connectivity index (χ0n) is 15.2. The minimum absolute atomic E-state index is 0.230. The molecule has 0 unspecified atom stereocenters. The molecular formula is C20H28N2O3. The number of aliphatic hydroxyl groups is 1. The summed E-state index contributed by atoms with van der Waals surface area (Å²) in [5.74, 6) is 6.13. The van der Waals surface area contributed by atoms with Gasteiger partial charge in [0.1, 0.15) is 6.61 Å². The van der Waals surface area contributed by atoms with Gasteiger partial charge in [0, 0.05) is 71.0 Å². The highest BCUT2D eigenvalue weighted by Crippen LogP contribution is 2.35. The number of methoxy groups -OCH3 is 2. The molecule has 0 amide bonds. The molecule has 0 atom stereocenters. The summed E-state index contributed by atoms with van der Waals surface area (Å²) in [6, 6.07) is 8.36. The second-order valence-corrected chi connectivity index (χ2v) is 7.04. The normalized spacial score (nSPS) is 26.7. The number of rotatable bonds is 5. The SMILES string of the molecule is COCC#Cc1cccc(N2CCN(CC3(O)CC(OC)C3)CC2)c1. The summed E-state index contributed by atoms with van der Waals surface area (Å²) in [4.78, 5) is 4.76.